The molecule has 44 heteroatoms. The third kappa shape index (κ3) is 35.3. The average Bonchev–Trinajstić information content (AvgIpc) is 1.70. The number of benzene rings is 3. The van der Waals surface area contributed by atoms with Gasteiger partial charge in [-0.3, -0.25) is 95.9 Å². The number of nitrogens with one attached hydrogen (secondary N) is 13. The maximum Gasteiger partial charge on any atom is 0.305 e. The molecule has 12 atom stereocenters. The number of nitrogens with two attached hydrogens (primary N) is 5. The van der Waals surface area contributed by atoms with E-state index in [1.807, 2.05) is 0 Å². The number of carbonyl (C=O) groups excluding carboxylic acids is 16. The molecule has 16 amide bonds. The number of aliphatic carboxylic acids is 4. The first kappa shape index (κ1) is 96.1. The third-order valence-electron chi connectivity index (χ3n) is 17.6. The summed E-state index contributed by atoms with van der Waals surface area (Å²) in [5.41, 5.74) is 29.3. The van der Waals surface area contributed by atoms with Crippen molar-refractivity contribution in [3.8, 4) is 5.75 Å². The standard InChI is InChI=1S/C73H98N18O25S/c1-36(81-66(109)46(19-25-58(97)98)86-67(110)44(17-23-55(76)94)85-70(113)48(21-27-60(101)102)87-68(111)45(18-24-56(77)95)84-69(112)47(20-26-59(99)100)83-64(107)42(74)16-22-54(75)93)63(106)90-51(31-38-12-14-40(92)15-13-38)65(108)80-35-57(96)82-52(32-39-34-79-43-11-7-6-10-41(39)43)72(115)88-49(28-29-117-2)71(114)91-53(33-61(103)104)73(116)89-50(62(78)105)30-37-8-4-3-5-9-37/h3-15,34,36,42,44-53,79,92H,16-33,35,74H2,1-2H3,(H2,75,93)(H2,76,94)(H2,77,95)(H2,78,105)(H,80,108)(H,81,109)(H,82,96)(H,83,107)(H,84,112)(H,85,113)(H,86,110)(H,87,111)(H,88,115)(H,89,116)(H,90,106)(H,91,114)(H,97,98)(H,99,100)(H,101,102)(H,103,104)/t36-,42+,44+,45+,46+,47+,48+,49-,50-,51-,52-,53-/m0/s1. The summed E-state index contributed by atoms with van der Waals surface area (Å²) in [6.45, 7) is 0.169. The number of hydrogen-bond acceptors (Lipinski definition) is 23. The molecule has 4 rings (SSSR count). The zero-order valence-electron chi connectivity index (χ0n) is 63.6. The van der Waals surface area contributed by atoms with Gasteiger partial charge in [0, 0.05) is 74.9 Å². The largest absolute Gasteiger partial charge is 0.508 e. The van der Waals surface area contributed by atoms with E-state index < -0.39 is 274 Å². The van der Waals surface area contributed by atoms with Crippen LogP contribution in [0.15, 0.2) is 85.1 Å². The fourth-order valence-electron chi connectivity index (χ4n) is 11.3. The van der Waals surface area contributed by atoms with Crippen molar-refractivity contribution in [2.24, 2.45) is 28.7 Å². The van der Waals surface area contributed by atoms with Crippen LogP contribution in [0, 0.1) is 0 Å². The first-order valence-electron chi connectivity index (χ1n) is 36.5. The van der Waals surface area contributed by atoms with E-state index in [1.165, 1.54) is 36.0 Å². The fourth-order valence-corrected chi connectivity index (χ4v) is 11.8. The molecule has 0 bridgehead atoms. The minimum Gasteiger partial charge on any atom is -0.508 e. The van der Waals surface area contributed by atoms with Crippen molar-refractivity contribution in [2.75, 3.05) is 18.6 Å². The number of carboxylic acids is 4. The molecule has 43 nitrogen and oxygen atoms in total. The summed E-state index contributed by atoms with van der Waals surface area (Å²) >= 11 is 1.25. The van der Waals surface area contributed by atoms with E-state index in [1.54, 1.807) is 67.0 Å². The number of carbonyl (C=O) groups is 20. The highest BCUT2D eigenvalue weighted by molar-refractivity contribution is 7.98. The summed E-state index contributed by atoms with van der Waals surface area (Å²) in [6.07, 6.45) is -6.71. The fraction of sp³-hybridized carbons (Fsp3) is 0.452. The van der Waals surface area contributed by atoms with Crippen LogP contribution in [-0.2, 0) is 115 Å². The molecule has 28 N–H and O–H groups in total. The van der Waals surface area contributed by atoms with E-state index in [0.717, 1.165) is 6.92 Å². The summed E-state index contributed by atoms with van der Waals surface area (Å²) in [4.78, 5) is 267. The average molecular weight is 1660 g/mol. The number of aromatic nitrogens is 1. The van der Waals surface area contributed by atoms with Gasteiger partial charge in [-0.25, -0.2) is 0 Å². The third-order valence-corrected chi connectivity index (χ3v) is 18.3. The second-order valence-electron chi connectivity index (χ2n) is 26.9. The van der Waals surface area contributed by atoms with E-state index in [9.17, 15) is 121 Å². The number of hydrogen-bond donors (Lipinski definition) is 23. The maximum atomic E-state index is 14.6. The number of rotatable bonds is 54. The molecule has 0 saturated heterocycles. The van der Waals surface area contributed by atoms with Gasteiger partial charge in [-0.15, -0.1) is 0 Å². The highest BCUT2D eigenvalue weighted by Gasteiger charge is 2.38. The van der Waals surface area contributed by atoms with Gasteiger partial charge in [-0.05, 0) is 98.8 Å². The van der Waals surface area contributed by atoms with Crippen molar-refractivity contribution in [3.63, 3.8) is 0 Å². The number of aromatic amines is 1. The Kier molecular flexibility index (Phi) is 40.0. The number of primary amides is 4. The molecule has 0 aliphatic carbocycles. The molecular weight excluding hydrogens is 1560 g/mol. The van der Waals surface area contributed by atoms with Crippen LogP contribution >= 0.6 is 11.8 Å². The van der Waals surface area contributed by atoms with E-state index in [4.69, 9.17) is 28.7 Å². The van der Waals surface area contributed by atoms with Crippen LogP contribution in [0.2, 0.25) is 0 Å². The number of aromatic hydroxyl groups is 1. The van der Waals surface area contributed by atoms with Gasteiger partial charge in [0.25, 0.3) is 0 Å². The molecule has 1 heterocycles. The minimum atomic E-state index is -2.00. The molecular formula is C73H98N18O25S. The molecule has 0 aliphatic heterocycles. The van der Waals surface area contributed by atoms with Gasteiger partial charge in [0.2, 0.25) is 94.5 Å². The summed E-state index contributed by atoms with van der Waals surface area (Å²) in [7, 11) is 0. The zero-order chi connectivity index (χ0) is 87.2. The number of amides is 16. The smallest absolute Gasteiger partial charge is 0.305 e. The Labute approximate surface area is 671 Å². The summed E-state index contributed by atoms with van der Waals surface area (Å²) < 4.78 is 0. The van der Waals surface area contributed by atoms with Crippen molar-refractivity contribution >= 4 is 141 Å². The Morgan fingerprint density at radius 2 is 0.761 bits per heavy atom. The van der Waals surface area contributed by atoms with Gasteiger partial charge in [0.05, 0.1) is 19.0 Å². The molecule has 636 valence electrons. The Morgan fingerprint density at radius 3 is 1.22 bits per heavy atom. The van der Waals surface area contributed by atoms with Gasteiger partial charge >= 0.3 is 23.9 Å². The number of fused-ring (bicyclic) bond motifs is 1. The van der Waals surface area contributed by atoms with Crippen LogP contribution in [0.25, 0.3) is 10.9 Å². The van der Waals surface area contributed by atoms with Gasteiger partial charge in [0.1, 0.15) is 72.2 Å². The summed E-state index contributed by atoms with van der Waals surface area (Å²) in [5.74, 6) is -24.0. The Hall–Kier alpha value is -13.3. The molecule has 1 aromatic heterocycles. The highest BCUT2D eigenvalue weighted by Crippen LogP contribution is 2.21. The predicted octanol–water partition coefficient (Wildman–Crippen LogP) is -6.20. The number of phenols is 1. The Bertz CT molecular complexity index is 4250. The molecule has 0 spiro atoms. The van der Waals surface area contributed by atoms with E-state index in [2.05, 4.69) is 68.8 Å². The number of thioether (sulfide) groups is 1. The SMILES string of the molecule is CSCC[C@H](NC(=O)[C@H](Cc1c[nH]c2ccccc12)NC(=O)CNC(=O)[C@H](Cc1ccc(O)cc1)NC(=O)[C@H](C)NC(=O)[C@@H](CCC(=O)O)NC(=O)[C@@H](CCC(N)=O)NC(=O)[C@@H](CCC(=O)O)NC(=O)[C@@H](CCC(N)=O)NC(=O)[C@@H](CCC(=O)O)NC(=O)[C@H](N)CCC(N)=O)C(=O)N[C@@H](CC(=O)O)C(=O)N[C@@H](Cc1ccccc1)C(N)=O. The van der Waals surface area contributed by atoms with Crippen molar-refractivity contribution in [3.05, 3.63) is 102 Å². The quantitative estimate of drug-likeness (QED) is 0.0196. The van der Waals surface area contributed by atoms with Crippen LogP contribution in [0.5, 0.6) is 5.75 Å². The van der Waals surface area contributed by atoms with Crippen LogP contribution in [-0.4, -0.2) is 240 Å². The van der Waals surface area contributed by atoms with E-state index in [0.29, 0.717) is 27.6 Å². The molecule has 3 aromatic carbocycles. The van der Waals surface area contributed by atoms with Crippen LogP contribution in [0.1, 0.15) is 114 Å². The summed E-state index contributed by atoms with van der Waals surface area (Å²) in [6, 6.07) is -0.161. The lowest BCUT2D eigenvalue weighted by molar-refractivity contribution is -0.141. The van der Waals surface area contributed by atoms with E-state index >= 15 is 0 Å². The van der Waals surface area contributed by atoms with Gasteiger partial charge in [-0.1, -0.05) is 60.7 Å². The number of carboxylic acid groups (broad SMARTS) is 4. The first-order chi connectivity index (χ1) is 55.2. The number of phenolic OH excluding ortho intramolecular Hbond substituents is 1. The predicted molar refractivity (Wildman–Crippen MR) is 412 cm³/mol. The van der Waals surface area contributed by atoms with Crippen LogP contribution in [0.4, 0.5) is 0 Å². The molecule has 0 radical (unpaired) electrons. The second kappa shape index (κ2) is 48.7. The minimum absolute atomic E-state index is 0.0932. The van der Waals surface area contributed by atoms with E-state index in [-0.39, 0.29) is 43.6 Å². The van der Waals surface area contributed by atoms with Gasteiger partial charge in [-0.2, -0.15) is 11.8 Å². The molecule has 117 heavy (non-hydrogen) atoms. The summed E-state index contributed by atoms with van der Waals surface area (Å²) in [5, 5.41) is 77.3. The first-order valence-corrected chi connectivity index (χ1v) is 37.9. The molecule has 0 saturated carbocycles. The maximum absolute atomic E-state index is 14.6. The van der Waals surface area contributed by atoms with Crippen molar-refractivity contribution in [2.45, 2.75) is 189 Å². The molecule has 0 fully saturated rings. The number of para-hydroxylation sites is 1. The normalized spacial score (nSPS) is 14.0. The van der Waals surface area contributed by atoms with Crippen LogP contribution < -0.4 is 92.5 Å². The van der Waals surface area contributed by atoms with Crippen molar-refractivity contribution in [1.82, 2.24) is 68.8 Å². The molecule has 0 aliphatic rings. The zero-order valence-corrected chi connectivity index (χ0v) is 64.5. The molecule has 4 aromatic rings. The van der Waals surface area contributed by atoms with Crippen LogP contribution in [0.3, 0.4) is 0 Å². The Morgan fingerprint density at radius 1 is 0.385 bits per heavy atom. The lowest BCUT2D eigenvalue weighted by Gasteiger charge is -2.27. The second-order valence-corrected chi connectivity index (χ2v) is 27.9. The monoisotopic (exact) mass is 1660 g/mol. The molecule has 0 unspecified atom stereocenters. The lowest BCUT2D eigenvalue weighted by Crippen LogP contribution is -2.60. The topological polar surface area (TPSA) is 733 Å². The van der Waals surface area contributed by atoms with Crippen molar-refractivity contribution < 1.29 is 121 Å². The van der Waals surface area contributed by atoms with Gasteiger partial charge in [0.15, 0.2) is 0 Å². The number of H-pyrrole nitrogens is 1. The van der Waals surface area contributed by atoms with Gasteiger partial charge < -0.3 is 123 Å². The Balaban J connectivity index is 1.59. The lowest BCUT2D eigenvalue weighted by atomic mass is 10.0. The van der Waals surface area contributed by atoms with Crippen molar-refractivity contribution in [1.29, 1.82) is 0 Å². The highest BCUT2D eigenvalue weighted by atomic mass is 32.2.